The van der Waals surface area contributed by atoms with Crippen molar-refractivity contribution >= 4 is 5.97 Å². The van der Waals surface area contributed by atoms with Gasteiger partial charge in [-0.1, -0.05) is 26.7 Å². The fourth-order valence-corrected chi connectivity index (χ4v) is 1.42. The van der Waals surface area contributed by atoms with Crippen molar-refractivity contribution < 1.29 is 9.90 Å². The van der Waals surface area contributed by atoms with Gasteiger partial charge < -0.3 is 10.8 Å². The van der Waals surface area contributed by atoms with E-state index in [4.69, 9.17) is 10.8 Å². The summed E-state index contributed by atoms with van der Waals surface area (Å²) in [5.41, 5.74) is 5.82. The summed E-state index contributed by atoms with van der Waals surface area (Å²) in [5.74, 6) is -0.277. The summed E-state index contributed by atoms with van der Waals surface area (Å²) < 4.78 is 0. The number of hydrogen-bond acceptors (Lipinski definition) is 2. The maximum absolute atomic E-state index is 10.2. The Morgan fingerprint density at radius 1 is 1.42 bits per heavy atom. The number of rotatable bonds is 6. The molecule has 0 amide bonds. The summed E-state index contributed by atoms with van der Waals surface area (Å²) in [5, 5.41) is 8.43. The van der Waals surface area contributed by atoms with Gasteiger partial charge in [-0.3, -0.25) is 4.79 Å². The Balaban J connectivity index is 3.68. The fraction of sp³-hybridized carbons (Fsp3) is 0.889. The molecule has 3 heteroatoms. The Kier molecular flexibility index (Phi) is 5.72. The first-order valence-electron chi connectivity index (χ1n) is 4.59. The van der Waals surface area contributed by atoms with Gasteiger partial charge in [0.05, 0.1) is 0 Å². The Labute approximate surface area is 74.0 Å². The lowest BCUT2D eigenvalue weighted by Crippen LogP contribution is -2.29. The van der Waals surface area contributed by atoms with E-state index in [0.717, 1.165) is 12.8 Å². The average Bonchev–Trinajstić information content (AvgIpc) is 2.03. The second kappa shape index (κ2) is 6.00. The highest BCUT2D eigenvalue weighted by molar-refractivity contribution is 5.66. The molecule has 0 rings (SSSR count). The SMILES string of the molecule is CCC(CC)C(N)CCC(=O)O. The summed E-state index contributed by atoms with van der Waals surface area (Å²) >= 11 is 0. The van der Waals surface area contributed by atoms with E-state index in [1.54, 1.807) is 0 Å². The van der Waals surface area contributed by atoms with Gasteiger partial charge in [-0.05, 0) is 12.3 Å². The highest BCUT2D eigenvalue weighted by Crippen LogP contribution is 2.14. The number of nitrogens with two attached hydrogens (primary N) is 1. The third-order valence-electron chi connectivity index (χ3n) is 2.35. The van der Waals surface area contributed by atoms with Crippen molar-refractivity contribution in [1.29, 1.82) is 0 Å². The minimum Gasteiger partial charge on any atom is -0.481 e. The van der Waals surface area contributed by atoms with E-state index in [0.29, 0.717) is 12.3 Å². The largest absolute Gasteiger partial charge is 0.481 e. The van der Waals surface area contributed by atoms with Gasteiger partial charge >= 0.3 is 5.97 Å². The molecule has 0 saturated carbocycles. The summed E-state index contributed by atoms with van der Waals surface area (Å²) in [6.07, 6.45) is 2.87. The van der Waals surface area contributed by atoms with Crippen molar-refractivity contribution in [2.24, 2.45) is 11.7 Å². The van der Waals surface area contributed by atoms with Crippen molar-refractivity contribution in [3.8, 4) is 0 Å². The van der Waals surface area contributed by atoms with Crippen LogP contribution < -0.4 is 5.73 Å². The Morgan fingerprint density at radius 2 is 1.92 bits per heavy atom. The smallest absolute Gasteiger partial charge is 0.303 e. The lowest BCUT2D eigenvalue weighted by Gasteiger charge is -2.19. The first kappa shape index (κ1) is 11.4. The van der Waals surface area contributed by atoms with Crippen molar-refractivity contribution in [3.05, 3.63) is 0 Å². The molecule has 12 heavy (non-hydrogen) atoms. The predicted molar refractivity (Wildman–Crippen MR) is 48.9 cm³/mol. The van der Waals surface area contributed by atoms with E-state index in [9.17, 15) is 4.79 Å². The van der Waals surface area contributed by atoms with E-state index in [2.05, 4.69) is 13.8 Å². The molecule has 0 aromatic rings. The van der Waals surface area contributed by atoms with E-state index < -0.39 is 5.97 Å². The summed E-state index contributed by atoms with van der Waals surface area (Å²) in [4.78, 5) is 10.2. The summed E-state index contributed by atoms with van der Waals surface area (Å²) in [6.45, 7) is 4.18. The zero-order chi connectivity index (χ0) is 9.56. The second-order valence-electron chi connectivity index (χ2n) is 3.17. The molecule has 0 aromatic carbocycles. The first-order chi connectivity index (χ1) is 5.61. The van der Waals surface area contributed by atoms with Crippen LogP contribution in [0, 0.1) is 5.92 Å². The fourth-order valence-electron chi connectivity index (χ4n) is 1.42. The number of carboxylic acids is 1. The van der Waals surface area contributed by atoms with Gasteiger partial charge in [0.2, 0.25) is 0 Å². The monoisotopic (exact) mass is 173 g/mol. The molecule has 0 aromatic heterocycles. The van der Waals surface area contributed by atoms with Crippen LogP contribution in [-0.4, -0.2) is 17.1 Å². The molecule has 0 radical (unpaired) electrons. The molecule has 0 bridgehead atoms. The van der Waals surface area contributed by atoms with Crippen LogP contribution in [0.1, 0.15) is 39.5 Å². The predicted octanol–water partition coefficient (Wildman–Crippen LogP) is 1.61. The number of aliphatic carboxylic acids is 1. The van der Waals surface area contributed by atoms with Crippen molar-refractivity contribution in [3.63, 3.8) is 0 Å². The lowest BCUT2D eigenvalue weighted by atomic mass is 9.92. The van der Waals surface area contributed by atoms with Crippen molar-refractivity contribution in [1.82, 2.24) is 0 Å². The topological polar surface area (TPSA) is 63.3 Å². The minimum atomic E-state index is -0.753. The molecule has 1 atom stereocenters. The maximum Gasteiger partial charge on any atom is 0.303 e. The zero-order valence-electron chi connectivity index (χ0n) is 7.92. The highest BCUT2D eigenvalue weighted by atomic mass is 16.4. The van der Waals surface area contributed by atoms with Gasteiger partial charge in [-0.25, -0.2) is 0 Å². The van der Waals surface area contributed by atoms with Gasteiger partial charge in [0.1, 0.15) is 0 Å². The van der Waals surface area contributed by atoms with Crippen LogP contribution in [0.4, 0.5) is 0 Å². The van der Waals surface area contributed by atoms with Crippen molar-refractivity contribution in [2.75, 3.05) is 0 Å². The molecule has 0 fully saturated rings. The van der Waals surface area contributed by atoms with Crippen LogP contribution in [0.15, 0.2) is 0 Å². The molecule has 3 N–H and O–H groups in total. The van der Waals surface area contributed by atoms with Gasteiger partial charge in [-0.15, -0.1) is 0 Å². The molecule has 0 heterocycles. The van der Waals surface area contributed by atoms with Crippen LogP contribution >= 0.6 is 0 Å². The third kappa shape index (κ3) is 4.34. The third-order valence-corrected chi connectivity index (χ3v) is 2.35. The summed E-state index contributed by atoms with van der Waals surface area (Å²) in [6, 6.07) is 0.0519. The average molecular weight is 173 g/mol. The molecule has 1 unspecified atom stereocenters. The number of carboxylic acid groups (broad SMARTS) is 1. The van der Waals surface area contributed by atoms with Crippen LogP contribution in [0.2, 0.25) is 0 Å². The van der Waals surface area contributed by atoms with Crippen LogP contribution in [0.25, 0.3) is 0 Å². The number of hydrogen-bond donors (Lipinski definition) is 2. The molecular formula is C9H19NO2. The van der Waals surface area contributed by atoms with E-state index in [1.807, 2.05) is 0 Å². The van der Waals surface area contributed by atoms with Crippen LogP contribution in [0.3, 0.4) is 0 Å². The molecule has 0 aliphatic carbocycles. The molecule has 0 saturated heterocycles. The zero-order valence-corrected chi connectivity index (χ0v) is 7.92. The molecular weight excluding hydrogens is 154 g/mol. The molecule has 0 spiro atoms. The molecule has 3 nitrogen and oxygen atoms in total. The van der Waals surface area contributed by atoms with Crippen molar-refractivity contribution in [2.45, 2.75) is 45.6 Å². The maximum atomic E-state index is 10.2. The van der Waals surface area contributed by atoms with Gasteiger partial charge in [0, 0.05) is 12.5 Å². The molecule has 0 aliphatic rings. The molecule has 0 aliphatic heterocycles. The quantitative estimate of drug-likeness (QED) is 0.641. The van der Waals surface area contributed by atoms with E-state index in [1.165, 1.54) is 0 Å². The van der Waals surface area contributed by atoms with E-state index >= 15 is 0 Å². The van der Waals surface area contributed by atoms with Crippen LogP contribution in [0.5, 0.6) is 0 Å². The Morgan fingerprint density at radius 3 is 2.25 bits per heavy atom. The highest BCUT2D eigenvalue weighted by Gasteiger charge is 2.14. The van der Waals surface area contributed by atoms with Gasteiger partial charge in [0.15, 0.2) is 0 Å². The Hall–Kier alpha value is -0.570. The normalized spacial score (nSPS) is 13.3. The Bertz CT molecular complexity index is 132. The van der Waals surface area contributed by atoms with E-state index in [-0.39, 0.29) is 12.5 Å². The minimum absolute atomic E-state index is 0.0519. The summed E-state index contributed by atoms with van der Waals surface area (Å²) in [7, 11) is 0. The van der Waals surface area contributed by atoms with Crippen LogP contribution in [-0.2, 0) is 4.79 Å². The number of carbonyl (C=O) groups is 1. The van der Waals surface area contributed by atoms with Gasteiger partial charge in [0.25, 0.3) is 0 Å². The van der Waals surface area contributed by atoms with Gasteiger partial charge in [-0.2, -0.15) is 0 Å². The molecule has 72 valence electrons. The first-order valence-corrected chi connectivity index (χ1v) is 4.59. The standard InChI is InChI=1S/C9H19NO2/c1-3-7(4-2)8(10)5-6-9(11)12/h7-8H,3-6,10H2,1-2H3,(H,11,12). The second-order valence-corrected chi connectivity index (χ2v) is 3.17. The lowest BCUT2D eigenvalue weighted by molar-refractivity contribution is -0.137.